The van der Waals surface area contributed by atoms with Gasteiger partial charge < -0.3 is 26.6 Å². The molecule has 1 aliphatic heterocycles. The van der Waals surface area contributed by atoms with E-state index in [9.17, 15) is 23.6 Å². The van der Waals surface area contributed by atoms with Crippen molar-refractivity contribution >= 4 is 36.0 Å². The number of aryl methyl sites for hydroxylation is 1. The van der Waals surface area contributed by atoms with Crippen LogP contribution < -0.4 is 21.7 Å². The summed E-state index contributed by atoms with van der Waals surface area (Å²) in [6.45, 7) is 1.45. The maximum Gasteiger partial charge on any atom is 0.276 e. The van der Waals surface area contributed by atoms with Crippen LogP contribution in [0.25, 0.3) is 0 Å². The van der Waals surface area contributed by atoms with Gasteiger partial charge in [0.25, 0.3) is 11.8 Å². The third kappa shape index (κ3) is 8.67. The van der Waals surface area contributed by atoms with Crippen LogP contribution in [-0.4, -0.2) is 75.2 Å². The predicted molar refractivity (Wildman–Crippen MR) is 171 cm³/mol. The van der Waals surface area contributed by atoms with Crippen LogP contribution in [0.5, 0.6) is 0 Å². The number of hydrogen-bond donors (Lipinski definition) is 4. The molecule has 2 heterocycles. The number of benzene rings is 2. The minimum atomic E-state index is -1.03. The van der Waals surface area contributed by atoms with Gasteiger partial charge in [-0.1, -0.05) is 41.6 Å². The average Bonchev–Trinajstić information content (AvgIpc) is 3.53. The Bertz CT molecular complexity index is 1530. The topological polar surface area (TPSA) is 164 Å². The van der Waals surface area contributed by atoms with Crippen molar-refractivity contribution in [2.45, 2.75) is 69.6 Å². The molecule has 0 radical (unpaired) electrons. The fourth-order valence-electron chi connectivity index (χ4n) is 5.73. The molecule has 46 heavy (non-hydrogen) atoms. The van der Waals surface area contributed by atoms with Crippen molar-refractivity contribution in [3.8, 4) is 0 Å². The Morgan fingerprint density at radius 2 is 1.76 bits per heavy atom. The Morgan fingerprint density at radius 1 is 1.02 bits per heavy atom. The van der Waals surface area contributed by atoms with E-state index in [1.54, 1.807) is 41.2 Å². The van der Waals surface area contributed by atoms with Crippen molar-refractivity contribution in [2.75, 3.05) is 19.6 Å². The molecule has 2 bridgehead atoms. The third-order valence-electron chi connectivity index (χ3n) is 8.37. The quantitative estimate of drug-likeness (QED) is 0.337. The lowest BCUT2D eigenvalue weighted by Gasteiger charge is -2.29. The lowest BCUT2D eigenvalue weighted by atomic mass is 9.92. The Kier molecular flexibility index (Phi) is 11.8. The number of fused-ring (bicyclic) bond motifs is 2. The molecule has 0 unspecified atom stereocenters. The van der Waals surface area contributed by atoms with Crippen LogP contribution in [0.3, 0.4) is 0 Å². The highest BCUT2D eigenvalue weighted by Crippen LogP contribution is 2.27. The molecule has 14 heteroatoms. The van der Waals surface area contributed by atoms with E-state index in [-0.39, 0.29) is 54.7 Å². The molecule has 2 aromatic carbocycles. The Hall–Kier alpha value is -4.36. The van der Waals surface area contributed by atoms with Gasteiger partial charge in [0, 0.05) is 19.1 Å². The van der Waals surface area contributed by atoms with E-state index in [0.29, 0.717) is 30.5 Å². The lowest BCUT2D eigenvalue weighted by molar-refractivity contribution is -0.123. The van der Waals surface area contributed by atoms with E-state index in [1.807, 2.05) is 6.07 Å². The first kappa shape index (κ1) is 34.5. The molecular weight excluding hydrogens is 615 g/mol. The molecule has 2 aliphatic rings. The predicted octanol–water partition coefficient (Wildman–Crippen LogP) is 2.46. The second-order valence-corrected chi connectivity index (χ2v) is 11.8. The van der Waals surface area contributed by atoms with Gasteiger partial charge in [-0.3, -0.25) is 19.2 Å². The summed E-state index contributed by atoms with van der Waals surface area (Å²) in [6.07, 6.45) is 5.98. The van der Waals surface area contributed by atoms with Crippen molar-refractivity contribution in [3.05, 3.63) is 82.9 Å². The molecular formula is C32H40ClFN8O4. The second kappa shape index (κ2) is 15.8. The highest BCUT2D eigenvalue weighted by Gasteiger charge is 2.29. The normalized spacial score (nSPS) is 23.3. The fourth-order valence-corrected chi connectivity index (χ4v) is 5.73. The zero-order chi connectivity index (χ0) is 31.9. The number of carbonyl (C=O) groups excluding carboxylic acids is 4. The molecule has 1 saturated carbocycles. The van der Waals surface area contributed by atoms with E-state index in [0.717, 1.165) is 25.7 Å². The molecule has 12 nitrogen and oxygen atoms in total. The van der Waals surface area contributed by atoms with Crippen LogP contribution in [0.15, 0.2) is 54.7 Å². The molecule has 1 aliphatic carbocycles. The number of aromatic nitrogens is 3. The number of halogens is 2. The highest BCUT2D eigenvalue weighted by molar-refractivity contribution is 5.98. The van der Waals surface area contributed by atoms with E-state index in [1.165, 1.54) is 24.0 Å². The van der Waals surface area contributed by atoms with Gasteiger partial charge in [-0.2, -0.15) is 0 Å². The van der Waals surface area contributed by atoms with E-state index in [2.05, 4.69) is 26.3 Å². The van der Waals surface area contributed by atoms with E-state index in [4.69, 9.17) is 5.73 Å². The lowest BCUT2D eigenvalue weighted by Crippen LogP contribution is -2.49. The van der Waals surface area contributed by atoms with Gasteiger partial charge in [0.2, 0.25) is 11.8 Å². The molecule has 0 saturated heterocycles. The van der Waals surface area contributed by atoms with Crippen molar-refractivity contribution in [2.24, 2.45) is 5.73 Å². The number of carbonyl (C=O) groups is 4. The standard InChI is InChI=1S/C32H39FN8O4.ClH/c1-20-30(43)37-27(22-7-3-2-4-8-22)17-40(32(45)28-18-41(39-38-28)24-12-10-23(34)11-13-24)19-29(42)35-15-5-6-21-9-14-26(33)25(16-21)31(44)36-20;/h2-4,7-9,14,16,18,20,23-24,27H,5-6,10-13,15,17,19,34H2,1H3,(H,35,42)(H,36,44)(H,37,43);1H/t20-,23?,24?,27-;/m1./s1. The summed E-state index contributed by atoms with van der Waals surface area (Å²) >= 11 is 0. The van der Waals surface area contributed by atoms with Crippen molar-refractivity contribution in [1.82, 2.24) is 35.8 Å². The minimum absolute atomic E-state index is 0. The highest BCUT2D eigenvalue weighted by atomic mass is 35.5. The first-order chi connectivity index (χ1) is 21.7. The number of nitrogens with two attached hydrogens (primary N) is 1. The summed E-state index contributed by atoms with van der Waals surface area (Å²) < 4.78 is 16.3. The van der Waals surface area contributed by atoms with E-state index >= 15 is 0 Å². The van der Waals surface area contributed by atoms with Gasteiger partial charge in [0.05, 0.1) is 30.4 Å². The zero-order valence-electron chi connectivity index (χ0n) is 25.7. The van der Waals surface area contributed by atoms with Gasteiger partial charge in [0.15, 0.2) is 5.69 Å². The molecule has 4 amide bonds. The molecule has 0 spiro atoms. The smallest absolute Gasteiger partial charge is 0.276 e. The maximum absolute atomic E-state index is 14.6. The molecule has 1 fully saturated rings. The van der Waals surface area contributed by atoms with Gasteiger partial charge in [0.1, 0.15) is 11.9 Å². The molecule has 5 N–H and O–H groups in total. The Balaban J connectivity index is 0.00000480. The van der Waals surface area contributed by atoms with Gasteiger partial charge in [-0.15, -0.1) is 17.5 Å². The first-order valence-corrected chi connectivity index (χ1v) is 15.4. The Morgan fingerprint density at radius 3 is 2.50 bits per heavy atom. The molecule has 2 atom stereocenters. The summed E-state index contributed by atoms with van der Waals surface area (Å²) in [5.41, 5.74) is 7.36. The van der Waals surface area contributed by atoms with Crippen LogP contribution in [0.1, 0.15) is 83.1 Å². The fraction of sp³-hybridized carbons (Fsp3) is 0.438. The van der Waals surface area contributed by atoms with Crippen LogP contribution >= 0.6 is 12.4 Å². The largest absolute Gasteiger partial charge is 0.355 e. The Labute approximate surface area is 273 Å². The number of rotatable bonds is 3. The number of hydrogen-bond acceptors (Lipinski definition) is 7. The third-order valence-corrected chi connectivity index (χ3v) is 8.37. The number of amides is 4. The number of nitrogens with one attached hydrogen (secondary N) is 3. The van der Waals surface area contributed by atoms with Crippen LogP contribution in [-0.2, 0) is 16.0 Å². The van der Waals surface area contributed by atoms with Crippen LogP contribution in [0.4, 0.5) is 4.39 Å². The van der Waals surface area contributed by atoms with Gasteiger partial charge in [-0.05, 0) is 68.7 Å². The summed E-state index contributed by atoms with van der Waals surface area (Å²) in [6, 6.07) is 11.7. The molecule has 1 aromatic heterocycles. The summed E-state index contributed by atoms with van der Waals surface area (Å²) in [4.78, 5) is 54.7. The summed E-state index contributed by atoms with van der Waals surface area (Å²) in [5, 5.41) is 16.7. The SMILES string of the molecule is C[C@H]1NC(=O)c2cc(ccc2F)CCCNC(=O)CN(C(=O)c2cn(C3CCC(N)CC3)nn2)C[C@H](c2ccccc2)NC1=O.Cl. The monoisotopic (exact) mass is 654 g/mol. The van der Waals surface area contributed by atoms with Crippen LogP contribution in [0, 0.1) is 5.82 Å². The molecule has 3 aromatic rings. The van der Waals surface area contributed by atoms with Crippen molar-refractivity contribution in [1.29, 1.82) is 0 Å². The van der Waals surface area contributed by atoms with Crippen LogP contribution in [0.2, 0.25) is 0 Å². The van der Waals surface area contributed by atoms with Crippen molar-refractivity contribution in [3.63, 3.8) is 0 Å². The van der Waals surface area contributed by atoms with E-state index < -0.39 is 35.6 Å². The summed E-state index contributed by atoms with van der Waals surface area (Å²) in [7, 11) is 0. The number of nitrogens with zero attached hydrogens (tertiary/aromatic N) is 4. The second-order valence-electron chi connectivity index (χ2n) is 11.8. The first-order valence-electron chi connectivity index (χ1n) is 15.4. The zero-order valence-corrected chi connectivity index (χ0v) is 26.5. The van der Waals surface area contributed by atoms with Crippen molar-refractivity contribution < 1.29 is 23.6 Å². The summed E-state index contributed by atoms with van der Waals surface area (Å²) in [5.74, 6) is -2.85. The molecule has 5 rings (SSSR count). The minimum Gasteiger partial charge on any atom is -0.355 e. The average molecular weight is 655 g/mol. The maximum atomic E-state index is 14.6. The molecule has 246 valence electrons. The van der Waals surface area contributed by atoms with Gasteiger partial charge in [-0.25, -0.2) is 9.07 Å². The van der Waals surface area contributed by atoms with Gasteiger partial charge >= 0.3 is 0 Å².